The maximum Gasteiger partial charge on any atom is 0.295 e. The van der Waals surface area contributed by atoms with Crippen molar-refractivity contribution in [1.29, 1.82) is 0 Å². The van der Waals surface area contributed by atoms with E-state index in [0.717, 1.165) is 16.7 Å². The number of amides is 1. The Kier molecular flexibility index (Phi) is 8.01. The van der Waals surface area contributed by atoms with E-state index in [2.05, 4.69) is 4.98 Å². The molecule has 1 saturated heterocycles. The van der Waals surface area contributed by atoms with Crippen LogP contribution in [0.25, 0.3) is 5.76 Å². The monoisotopic (exact) mass is 550 g/mol. The fourth-order valence-corrected chi connectivity index (χ4v) is 4.90. The van der Waals surface area contributed by atoms with E-state index in [1.807, 2.05) is 37.3 Å². The minimum atomic E-state index is -0.869. The Labute approximate surface area is 238 Å². The molecule has 1 N–H and O–H groups in total. The third-order valence-electron chi connectivity index (χ3n) is 7.12. The van der Waals surface area contributed by atoms with Crippen molar-refractivity contribution in [2.24, 2.45) is 0 Å². The predicted molar refractivity (Wildman–Crippen MR) is 154 cm³/mol. The molecule has 1 aliphatic heterocycles. The van der Waals surface area contributed by atoms with Gasteiger partial charge in [-0.3, -0.25) is 14.6 Å². The zero-order valence-electron chi connectivity index (χ0n) is 23.0. The summed E-state index contributed by atoms with van der Waals surface area (Å²) in [5.74, 6) is -0.214. The van der Waals surface area contributed by atoms with Crippen LogP contribution in [-0.4, -0.2) is 40.9 Å². The van der Waals surface area contributed by atoms with Crippen molar-refractivity contribution < 1.29 is 28.9 Å². The number of carbonyl (C=O) groups excluding carboxylic acids is 2. The van der Waals surface area contributed by atoms with E-state index in [9.17, 15) is 14.7 Å². The third-order valence-corrected chi connectivity index (χ3v) is 7.12. The quantitative estimate of drug-likeness (QED) is 0.164. The van der Waals surface area contributed by atoms with Crippen molar-refractivity contribution >= 4 is 17.4 Å². The van der Waals surface area contributed by atoms with Gasteiger partial charge in [-0.15, -0.1) is 0 Å². The lowest BCUT2D eigenvalue weighted by Gasteiger charge is -2.26. The van der Waals surface area contributed by atoms with Gasteiger partial charge in [0.15, 0.2) is 11.5 Å². The second-order valence-corrected chi connectivity index (χ2v) is 9.64. The SMILES string of the molecule is COc1ccc([C@@H]2C(=C(O)c3ccc(OCc4ccccc4C)cc3)C(=O)C(=O)N2Cc2cccnc2)cc1OC. The molecule has 0 radical (unpaired) electrons. The molecular weight excluding hydrogens is 520 g/mol. The number of carbonyl (C=O) groups is 2. The topological polar surface area (TPSA) is 98.2 Å². The average Bonchev–Trinajstić information content (AvgIpc) is 3.25. The lowest BCUT2D eigenvalue weighted by Crippen LogP contribution is -2.29. The van der Waals surface area contributed by atoms with Crippen LogP contribution >= 0.6 is 0 Å². The Balaban J connectivity index is 1.51. The number of rotatable bonds is 9. The number of aryl methyl sites for hydroxylation is 1. The number of benzene rings is 3. The Hall–Kier alpha value is -5.11. The molecule has 0 aliphatic carbocycles. The van der Waals surface area contributed by atoms with Crippen LogP contribution in [0.2, 0.25) is 0 Å². The maximum atomic E-state index is 13.4. The van der Waals surface area contributed by atoms with Crippen LogP contribution in [0.5, 0.6) is 17.2 Å². The Morgan fingerprint density at radius 1 is 0.927 bits per heavy atom. The van der Waals surface area contributed by atoms with Gasteiger partial charge in [0.05, 0.1) is 25.8 Å². The Bertz CT molecular complexity index is 1600. The number of nitrogens with zero attached hydrogens (tertiary/aromatic N) is 2. The molecule has 1 atom stereocenters. The van der Waals surface area contributed by atoms with Crippen LogP contribution in [0, 0.1) is 6.92 Å². The van der Waals surface area contributed by atoms with Crippen molar-refractivity contribution in [2.45, 2.75) is 26.1 Å². The lowest BCUT2D eigenvalue weighted by atomic mass is 9.94. The number of aromatic nitrogens is 1. The van der Waals surface area contributed by atoms with Crippen LogP contribution < -0.4 is 14.2 Å². The smallest absolute Gasteiger partial charge is 0.295 e. The molecule has 5 rings (SSSR count). The Morgan fingerprint density at radius 2 is 1.68 bits per heavy atom. The van der Waals surface area contributed by atoms with Gasteiger partial charge in [0.25, 0.3) is 11.7 Å². The average molecular weight is 551 g/mol. The molecule has 1 fully saturated rings. The zero-order chi connectivity index (χ0) is 28.9. The van der Waals surface area contributed by atoms with Crippen molar-refractivity contribution in [3.8, 4) is 17.2 Å². The van der Waals surface area contributed by atoms with E-state index in [1.54, 1.807) is 60.9 Å². The molecule has 41 heavy (non-hydrogen) atoms. The molecule has 8 heteroatoms. The number of ether oxygens (including phenoxy) is 3. The molecule has 208 valence electrons. The first-order valence-electron chi connectivity index (χ1n) is 13.1. The van der Waals surface area contributed by atoms with Crippen LogP contribution in [0.1, 0.15) is 33.9 Å². The fourth-order valence-electron chi connectivity index (χ4n) is 4.90. The van der Waals surface area contributed by atoms with Gasteiger partial charge in [0, 0.05) is 24.5 Å². The number of ketones is 1. The van der Waals surface area contributed by atoms with Crippen LogP contribution in [0.15, 0.2) is 96.8 Å². The van der Waals surface area contributed by atoms with Gasteiger partial charge in [-0.25, -0.2) is 0 Å². The normalized spacial score (nSPS) is 16.1. The summed E-state index contributed by atoms with van der Waals surface area (Å²) in [6.07, 6.45) is 3.28. The van der Waals surface area contributed by atoms with Crippen LogP contribution in [0.4, 0.5) is 0 Å². The van der Waals surface area contributed by atoms with E-state index in [1.165, 1.54) is 19.1 Å². The van der Waals surface area contributed by atoms with E-state index in [4.69, 9.17) is 14.2 Å². The highest BCUT2D eigenvalue weighted by Gasteiger charge is 2.46. The van der Waals surface area contributed by atoms with Gasteiger partial charge in [-0.2, -0.15) is 0 Å². The van der Waals surface area contributed by atoms with E-state index in [0.29, 0.717) is 35.0 Å². The molecule has 8 nitrogen and oxygen atoms in total. The first kappa shape index (κ1) is 27.5. The summed E-state index contributed by atoms with van der Waals surface area (Å²) in [5.41, 5.74) is 3.91. The summed E-state index contributed by atoms with van der Waals surface area (Å²) in [4.78, 5) is 32.4. The number of aliphatic hydroxyl groups excluding tert-OH is 1. The largest absolute Gasteiger partial charge is 0.507 e. The molecule has 4 aromatic rings. The lowest BCUT2D eigenvalue weighted by molar-refractivity contribution is -0.140. The van der Waals surface area contributed by atoms with Crippen LogP contribution in [0.3, 0.4) is 0 Å². The van der Waals surface area contributed by atoms with Crippen molar-refractivity contribution in [2.75, 3.05) is 14.2 Å². The first-order chi connectivity index (χ1) is 19.9. The van der Waals surface area contributed by atoms with Gasteiger partial charge in [0.1, 0.15) is 18.1 Å². The third kappa shape index (κ3) is 5.63. The number of methoxy groups -OCH3 is 2. The Morgan fingerprint density at radius 3 is 2.37 bits per heavy atom. The first-order valence-corrected chi connectivity index (χ1v) is 13.1. The summed E-state index contributed by atoms with van der Waals surface area (Å²) in [6, 6.07) is 22.7. The van der Waals surface area contributed by atoms with E-state index >= 15 is 0 Å². The number of hydrogen-bond acceptors (Lipinski definition) is 7. The molecule has 1 aliphatic rings. The van der Waals surface area contributed by atoms with Crippen molar-refractivity contribution in [3.63, 3.8) is 0 Å². The summed E-state index contributed by atoms with van der Waals surface area (Å²) >= 11 is 0. The van der Waals surface area contributed by atoms with Gasteiger partial charge in [-0.1, -0.05) is 36.4 Å². The minimum absolute atomic E-state index is 0.0142. The van der Waals surface area contributed by atoms with Crippen molar-refractivity contribution in [1.82, 2.24) is 9.88 Å². The second kappa shape index (κ2) is 12.0. The molecule has 0 spiro atoms. The van der Waals surface area contributed by atoms with Gasteiger partial charge in [0.2, 0.25) is 0 Å². The summed E-state index contributed by atoms with van der Waals surface area (Å²) < 4.78 is 16.8. The van der Waals surface area contributed by atoms with Gasteiger partial charge in [-0.05, 0) is 71.6 Å². The standard InChI is InChI=1S/C33H30N2O6/c1-21-7-4-5-9-25(21)20-41-26-13-10-23(11-14-26)31(36)29-30(24-12-15-27(39-2)28(17-24)40-3)35(33(38)32(29)37)19-22-8-6-16-34-18-22/h4-18,30,36H,19-20H2,1-3H3/t30-/m1/s1. The number of hydrogen-bond donors (Lipinski definition) is 1. The zero-order valence-corrected chi connectivity index (χ0v) is 23.0. The molecule has 0 bridgehead atoms. The number of Topliss-reactive ketones (excluding diaryl/α,β-unsaturated/α-hetero) is 1. The maximum absolute atomic E-state index is 13.4. The molecule has 0 unspecified atom stereocenters. The molecule has 1 aromatic heterocycles. The number of aliphatic hydroxyl groups is 1. The molecule has 1 amide bonds. The van der Waals surface area contributed by atoms with E-state index in [-0.39, 0.29) is 17.9 Å². The fraction of sp³-hybridized carbons (Fsp3) is 0.182. The van der Waals surface area contributed by atoms with Gasteiger partial charge < -0.3 is 24.2 Å². The second-order valence-electron chi connectivity index (χ2n) is 9.64. The summed E-state index contributed by atoms with van der Waals surface area (Å²) in [7, 11) is 3.04. The summed E-state index contributed by atoms with van der Waals surface area (Å²) in [6.45, 7) is 2.55. The highest BCUT2D eigenvalue weighted by molar-refractivity contribution is 6.46. The molecule has 2 heterocycles. The number of pyridine rings is 1. The molecule has 0 saturated carbocycles. The summed E-state index contributed by atoms with van der Waals surface area (Å²) in [5, 5.41) is 11.5. The minimum Gasteiger partial charge on any atom is -0.507 e. The molecule has 3 aromatic carbocycles. The number of likely N-dealkylation sites (tertiary alicyclic amines) is 1. The highest BCUT2D eigenvalue weighted by atomic mass is 16.5. The highest BCUT2D eigenvalue weighted by Crippen LogP contribution is 2.42. The molecular formula is C33H30N2O6. The van der Waals surface area contributed by atoms with Crippen LogP contribution in [-0.2, 0) is 22.7 Å². The van der Waals surface area contributed by atoms with Gasteiger partial charge >= 0.3 is 0 Å². The van der Waals surface area contributed by atoms with E-state index < -0.39 is 17.7 Å². The predicted octanol–water partition coefficient (Wildman–Crippen LogP) is 5.61. The van der Waals surface area contributed by atoms with Crippen molar-refractivity contribution in [3.05, 3.63) is 125 Å².